The Balaban J connectivity index is 1.78. The number of nitrogens with one attached hydrogen (secondary N) is 2. The fourth-order valence-electron chi connectivity index (χ4n) is 2.17. The van der Waals surface area contributed by atoms with Crippen LogP contribution < -0.4 is 10.6 Å². The van der Waals surface area contributed by atoms with Crippen molar-refractivity contribution in [2.75, 3.05) is 18.4 Å². The summed E-state index contributed by atoms with van der Waals surface area (Å²) in [6.45, 7) is 4.55. The zero-order valence-corrected chi connectivity index (χ0v) is 9.37. The highest BCUT2D eigenvalue weighted by atomic mass is 15.0. The molecule has 1 aromatic carbocycles. The standard InChI is InChI=1S/C13H20N2/c1-11-7-8-14-13(9-11)10-15-12-5-3-2-4-6-12/h2-6,11,13-15H,7-10H2,1H3. The first-order valence-electron chi connectivity index (χ1n) is 5.87. The van der Waals surface area contributed by atoms with Gasteiger partial charge in [0, 0.05) is 18.3 Å². The lowest BCUT2D eigenvalue weighted by molar-refractivity contribution is 0.329. The van der Waals surface area contributed by atoms with Gasteiger partial charge in [0.1, 0.15) is 0 Å². The molecule has 1 heterocycles. The topological polar surface area (TPSA) is 24.1 Å². The largest absolute Gasteiger partial charge is 0.383 e. The molecule has 1 aliphatic heterocycles. The second-order valence-corrected chi connectivity index (χ2v) is 4.53. The van der Waals surface area contributed by atoms with Crippen molar-refractivity contribution in [1.29, 1.82) is 0 Å². The highest BCUT2D eigenvalue weighted by Gasteiger charge is 2.17. The number of anilines is 1. The van der Waals surface area contributed by atoms with Crippen molar-refractivity contribution in [2.24, 2.45) is 5.92 Å². The molecule has 2 N–H and O–H groups in total. The summed E-state index contributed by atoms with van der Waals surface area (Å²) in [7, 11) is 0. The Hall–Kier alpha value is -1.02. The molecule has 1 saturated heterocycles. The number of hydrogen-bond acceptors (Lipinski definition) is 2. The summed E-state index contributed by atoms with van der Waals surface area (Å²) < 4.78 is 0. The summed E-state index contributed by atoms with van der Waals surface area (Å²) >= 11 is 0. The molecule has 1 aromatic rings. The Morgan fingerprint density at radius 3 is 2.87 bits per heavy atom. The van der Waals surface area contributed by atoms with Crippen molar-refractivity contribution >= 4 is 5.69 Å². The predicted molar refractivity (Wildman–Crippen MR) is 65.1 cm³/mol. The Morgan fingerprint density at radius 1 is 1.33 bits per heavy atom. The molecule has 1 aliphatic rings. The van der Waals surface area contributed by atoms with Crippen molar-refractivity contribution in [1.82, 2.24) is 5.32 Å². The van der Waals surface area contributed by atoms with Gasteiger partial charge in [-0.15, -0.1) is 0 Å². The molecule has 15 heavy (non-hydrogen) atoms. The second-order valence-electron chi connectivity index (χ2n) is 4.53. The molecule has 0 spiro atoms. The summed E-state index contributed by atoms with van der Waals surface area (Å²) in [6.07, 6.45) is 2.61. The Labute approximate surface area is 92.1 Å². The van der Waals surface area contributed by atoms with Gasteiger partial charge in [0.05, 0.1) is 0 Å². The Bertz CT molecular complexity index is 284. The van der Waals surface area contributed by atoms with E-state index >= 15 is 0 Å². The second kappa shape index (κ2) is 5.17. The molecule has 0 aromatic heterocycles. The maximum atomic E-state index is 3.56. The lowest BCUT2D eigenvalue weighted by Crippen LogP contribution is -2.41. The zero-order chi connectivity index (χ0) is 10.5. The van der Waals surface area contributed by atoms with E-state index in [-0.39, 0.29) is 0 Å². The van der Waals surface area contributed by atoms with Crippen LogP contribution in [0.5, 0.6) is 0 Å². The van der Waals surface area contributed by atoms with E-state index in [1.807, 2.05) is 6.07 Å². The molecule has 82 valence electrons. The molecular weight excluding hydrogens is 184 g/mol. The lowest BCUT2D eigenvalue weighted by Gasteiger charge is -2.28. The first-order chi connectivity index (χ1) is 7.34. The third-order valence-electron chi connectivity index (χ3n) is 3.08. The van der Waals surface area contributed by atoms with Crippen LogP contribution in [0.25, 0.3) is 0 Å². The van der Waals surface area contributed by atoms with E-state index in [2.05, 4.69) is 41.8 Å². The summed E-state index contributed by atoms with van der Waals surface area (Å²) in [6, 6.07) is 11.1. The summed E-state index contributed by atoms with van der Waals surface area (Å²) in [5.41, 5.74) is 1.22. The molecule has 0 amide bonds. The Kier molecular flexibility index (Phi) is 3.62. The summed E-state index contributed by atoms with van der Waals surface area (Å²) in [5, 5.41) is 7.03. The highest BCUT2D eigenvalue weighted by Crippen LogP contribution is 2.15. The molecule has 2 unspecified atom stereocenters. The summed E-state index contributed by atoms with van der Waals surface area (Å²) in [4.78, 5) is 0. The van der Waals surface area contributed by atoms with E-state index in [1.54, 1.807) is 0 Å². The molecule has 1 fully saturated rings. The minimum Gasteiger partial charge on any atom is -0.383 e. The number of piperidine rings is 1. The lowest BCUT2D eigenvalue weighted by atomic mass is 9.94. The van der Waals surface area contributed by atoms with Crippen molar-refractivity contribution in [3.63, 3.8) is 0 Å². The minimum absolute atomic E-state index is 0.633. The van der Waals surface area contributed by atoms with Crippen LogP contribution in [-0.2, 0) is 0 Å². The normalized spacial score (nSPS) is 26.2. The number of benzene rings is 1. The van der Waals surface area contributed by atoms with Gasteiger partial charge in [-0.3, -0.25) is 0 Å². The van der Waals surface area contributed by atoms with Gasteiger partial charge in [0.25, 0.3) is 0 Å². The molecular formula is C13H20N2. The van der Waals surface area contributed by atoms with E-state index in [0.29, 0.717) is 6.04 Å². The van der Waals surface area contributed by atoms with Crippen molar-refractivity contribution in [2.45, 2.75) is 25.8 Å². The van der Waals surface area contributed by atoms with Gasteiger partial charge in [-0.05, 0) is 37.4 Å². The third-order valence-corrected chi connectivity index (χ3v) is 3.08. The minimum atomic E-state index is 0.633. The number of hydrogen-bond donors (Lipinski definition) is 2. The third kappa shape index (κ3) is 3.24. The maximum absolute atomic E-state index is 3.56. The predicted octanol–water partition coefficient (Wildman–Crippen LogP) is 2.49. The van der Waals surface area contributed by atoms with Gasteiger partial charge < -0.3 is 10.6 Å². The smallest absolute Gasteiger partial charge is 0.0340 e. The quantitative estimate of drug-likeness (QED) is 0.790. The number of rotatable bonds is 3. The van der Waals surface area contributed by atoms with Crippen molar-refractivity contribution < 1.29 is 0 Å². The van der Waals surface area contributed by atoms with E-state index < -0.39 is 0 Å². The Morgan fingerprint density at radius 2 is 2.13 bits per heavy atom. The van der Waals surface area contributed by atoms with Crippen LogP contribution in [0.1, 0.15) is 19.8 Å². The van der Waals surface area contributed by atoms with Crippen LogP contribution in [-0.4, -0.2) is 19.1 Å². The molecule has 2 heteroatoms. The van der Waals surface area contributed by atoms with Gasteiger partial charge >= 0.3 is 0 Å². The van der Waals surface area contributed by atoms with Crippen LogP contribution in [0.3, 0.4) is 0 Å². The molecule has 0 bridgehead atoms. The van der Waals surface area contributed by atoms with E-state index in [9.17, 15) is 0 Å². The van der Waals surface area contributed by atoms with Gasteiger partial charge in [0.15, 0.2) is 0 Å². The SMILES string of the molecule is CC1CCNC(CNc2ccccc2)C1. The van der Waals surface area contributed by atoms with E-state index in [1.165, 1.54) is 25.1 Å². The molecule has 0 aliphatic carbocycles. The molecule has 2 rings (SSSR count). The van der Waals surface area contributed by atoms with Crippen LogP contribution in [0, 0.1) is 5.92 Å². The van der Waals surface area contributed by atoms with Crippen molar-refractivity contribution in [3.05, 3.63) is 30.3 Å². The van der Waals surface area contributed by atoms with Gasteiger partial charge in [-0.25, -0.2) is 0 Å². The molecule has 2 nitrogen and oxygen atoms in total. The van der Waals surface area contributed by atoms with Crippen LogP contribution >= 0.6 is 0 Å². The van der Waals surface area contributed by atoms with Gasteiger partial charge in [-0.2, -0.15) is 0 Å². The van der Waals surface area contributed by atoms with Crippen LogP contribution in [0.15, 0.2) is 30.3 Å². The fourth-order valence-corrected chi connectivity index (χ4v) is 2.17. The average molecular weight is 204 g/mol. The zero-order valence-electron chi connectivity index (χ0n) is 9.37. The highest BCUT2D eigenvalue weighted by molar-refractivity contribution is 5.42. The monoisotopic (exact) mass is 204 g/mol. The first-order valence-corrected chi connectivity index (χ1v) is 5.87. The summed E-state index contributed by atoms with van der Waals surface area (Å²) in [5.74, 6) is 0.869. The van der Waals surface area contributed by atoms with Gasteiger partial charge in [0.2, 0.25) is 0 Å². The molecule has 0 radical (unpaired) electrons. The van der Waals surface area contributed by atoms with E-state index in [4.69, 9.17) is 0 Å². The van der Waals surface area contributed by atoms with Crippen LogP contribution in [0.4, 0.5) is 5.69 Å². The maximum Gasteiger partial charge on any atom is 0.0340 e. The fraction of sp³-hybridized carbons (Fsp3) is 0.538. The molecule has 2 atom stereocenters. The first kappa shape index (κ1) is 10.5. The van der Waals surface area contributed by atoms with Crippen LogP contribution in [0.2, 0.25) is 0 Å². The van der Waals surface area contributed by atoms with Crippen molar-refractivity contribution in [3.8, 4) is 0 Å². The van der Waals surface area contributed by atoms with Gasteiger partial charge in [-0.1, -0.05) is 25.1 Å². The number of para-hydroxylation sites is 1. The average Bonchev–Trinajstić information content (AvgIpc) is 2.28. The van der Waals surface area contributed by atoms with E-state index in [0.717, 1.165) is 12.5 Å². The molecule has 0 saturated carbocycles.